The number of nitro groups is 1. The summed E-state index contributed by atoms with van der Waals surface area (Å²) in [5.74, 6) is -0.977. The summed E-state index contributed by atoms with van der Waals surface area (Å²) in [5, 5.41) is 15.4. The highest BCUT2D eigenvalue weighted by Crippen LogP contribution is 2.29. The third-order valence-corrected chi connectivity index (χ3v) is 3.20. The Morgan fingerprint density at radius 2 is 1.60 bits per heavy atom. The summed E-state index contributed by atoms with van der Waals surface area (Å²) in [5.41, 5.74) is 0.435. The molecular formula is C16H15N3O6. The molecular weight excluding hydrogens is 330 g/mol. The summed E-state index contributed by atoms with van der Waals surface area (Å²) in [4.78, 5) is 34.0. The van der Waals surface area contributed by atoms with Crippen LogP contribution in [0.1, 0.15) is 0 Å². The molecule has 9 heteroatoms. The summed E-state index contributed by atoms with van der Waals surface area (Å²) in [6.07, 6.45) is 0. The molecule has 0 aromatic heterocycles. The van der Waals surface area contributed by atoms with Gasteiger partial charge in [-0.3, -0.25) is 19.7 Å². The Labute approximate surface area is 142 Å². The number of hydrogen-bond acceptors (Lipinski definition) is 6. The minimum absolute atomic E-state index is 0.120. The van der Waals surface area contributed by atoms with Crippen LogP contribution in [0.5, 0.6) is 11.5 Å². The van der Waals surface area contributed by atoms with E-state index in [9.17, 15) is 19.7 Å². The molecule has 0 atom stereocenters. The number of methoxy groups -OCH3 is 2. The largest absolute Gasteiger partial charge is 0.497 e. The number of rotatable bonds is 5. The summed E-state index contributed by atoms with van der Waals surface area (Å²) in [6, 6.07) is 9.81. The molecule has 0 saturated heterocycles. The first-order valence-corrected chi connectivity index (χ1v) is 7.03. The van der Waals surface area contributed by atoms with Crippen LogP contribution < -0.4 is 20.1 Å². The van der Waals surface area contributed by atoms with Crippen LogP contribution in [-0.4, -0.2) is 31.0 Å². The van der Waals surface area contributed by atoms with Crippen molar-refractivity contribution in [3.8, 4) is 11.5 Å². The van der Waals surface area contributed by atoms with E-state index in [1.807, 2.05) is 0 Å². The van der Waals surface area contributed by atoms with Crippen molar-refractivity contribution in [3.05, 3.63) is 52.6 Å². The maximum Gasteiger partial charge on any atom is 0.314 e. The number of nitrogens with zero attached hydrogens (tertiary/aromatic N) is 1. The number of anilines is 2. The molecule has 130 valence electrons. The zero-order chi connectivity index (χ0) is 18.4. The van der Waals surface area contributed by atoms with Gasteiger partial charge in [0.05, 0.1) is 24.8 Å². The fourth-order valence-electron chi connectivity index (χ4n) is 1.94. The van der Waals surface area contributed by atoms with E-state index in [0.29, 0.717) is 17.2 Å². The number of carbonyl (C=O) groups excluding carboxylic acids is 2. The summed E-state index contributed by atoms with van der Waals surface area (Å²) < 4.78 is 10.2. The minimum atomic E-state index is -0.924. The van der Waals surface area contributed by atoms with Gasteiger partial charge in [-0.2, -0.15) is 0 Å². The molecule has 0 aliphatic carbocycles. The second-order valence-electron chi connectivity index (χ2n) is 4.78. The Morgan fingerprint density at radius 1 is 0.960 bits per heavy atom. The number of ether oxygens (including phenoxy) is 2. The lowest BCUT2D eigenvalue weighted by atomic mass is 10.2. The first kappa shape index (κ1) is 17.7. The van der Waals surface area contributed by atoms with Crippen molar-refractivity contribution in [2.45, 2.75) is 0 Å². The highest BCUT2D eigenvalue weighted by atomic mass is 16.6. The van der Waals surface area contributed by atoms with Crippen LogP contribution in [0.25, 0.3) is 0 Å². The second-order valence-corrected chi connectivity index (χ2v) is 4.78. The van der Waals surface area contributed by atoms with Crippen molar-refractivity contribution < 1.29 is 24.0 Å². The van der Waals surface area contributed by atoms with E-state index < -0.39 is 16.7 Å². The van der Waals surface area contributed by atoms with E-state index in [1.54, 1.807) is 12.1 Å². The molecule has 0 aliphatic heterocycles. The Hall–Kier alpha value is -3.62. The molecule has 2 aromatic carbocycles. The van der Waals surface area contributed by atoms with Crippen molar-refractivity contribution in [2.24, 2.45) is 0 Å². The minimum Gasteiger partial charge on any atom is -0.497 e. The second kappa shape index (κ2) is 7.77. The Kier molecular flexibility index (Phi) is 5.51. The van der Waals surface area contributed by atoms with E-state index in [2.05, 4.69) is 10.6 Å². The molecule has 0 fully saturated rings. The quantitative estimate of drug-likeness (QED) is 0.487. The number of non-ortho nitro benzene ring substituents is 1. The van der Waals surface area contributed by atoms with Gasteiger partial charge < -0.3 is 20.1 Å². The van der Waals surface area contributed by atoms with E-state index in [-0.39, 0.29) is 11.4 Å². The Bertz CT molecular complexity index is 804. The number of carbonyl (C=O) groups is 2. The maximum absolute atomic E-state index is 12.0. The van der Waals surface area contributed by atoms with Gasteiger partial charge in [-0.15, -0.1) is 0 Å². The topological polar surface area (TPSA) is 120 Å². The van der Waals surface area contributed by atoms with Gasteiger partial charge in [-0.05, 0) is 24.3 Å². The van der Waals surface area contributed by atoms with Crippen LogP contribution in [0.15, 0.2) is 42.5 Å². The monoisotopic (exact) mass is 345 g/mol. The van der Waals surface area contributed by atoms with Crippen LogP contribution in [0.3, 0.4) is 0 Å². The van der Waals surface area contributed by atoms with Crippen LogP contribution in [0, 0.1) is 10.1 Å². The lowest BCUT2D eigenvalue weighted by molar-refractivity contribution is -0.384. The van der Waals surface area contributed by atoms with Gasteiger partial charge in [-0.1, -0.05) is 0 Å². The molecule has 0 radical (unpaired) electrons. The third kappa shape index (κ3) is 4.44. The zero-order valence-corrected chi connectivity index (χ0v) is 13.4. The molecule has 0 spiro atoms. The van der Waals surface area contributed by atoms with Crippen molar-refractivity contribution in [3.63, 3.8) is 0 Å². The Balaban J connectivity index is 2.05. The van der Waals surface area contributed by atoms with E-state index >= 15 is 0 Å². The summed E-state index contributed by atoms with van der Waals surface area (Å²) >= 11 is 0. The molecule has 2 N–H and O–H groups in total. The maximum atomic E-state index is 12.0. The van der Waals surface area contributed by atoms with Crippen molar-refractivity contribution in [1.82, 2.24) is 0 Å². The summed E-state index contributed by atoms with van der Waals surface area (Å²) in [7, 11) is 2.91. The highest BCUT2D eigenvalue weighted by molar-refractivity contribution is 6.43. The number of hydrogen-bond donors (Lipinski definition) is 2. The van der Waals surface area contributed by atoms with Gasteiger partial charge in [0.1, 0.15) is 11.5 Å². The zero-order valence-electron chi connectivity index (χ0n) is 13.4. The van der Waals surface area contributed by atoms with Crippen molar-refractivity contribution in [1.29, 1.82) is 0 Å². The first-order valence-electron chi connectivity index (χ1n) is 7.03. The van der Waals surface area contributed by atoms with E-state index in [0.717, 1.165) is 0 Å². The normalized spacial score (nSPS) is 9.84. The number of benzene rings is 2. The van der Waals surface area contributed by atoms with Crippen LogP contribution in [0.4, 0.5) is 17.1 Å². The third-order valence-electron chi connectivity index (χ3n) is 3.20. The molecule has 2 aromatic rings. The Morgan fingerprint density at radius 3 is 2.16 bits per heavy atom. The highest BCUT2D eigenvalue weighted by Gasteiger charge is 2.17. The van der Waals surface area contributed by atoms with Gasteiger partial charge in [0.15, 0.2) is 0 Å². The lowest BCUT2D eigenvalue weighted by Crippen LogP contribution is -2.29. The predicted molar refractivity (Wildman–Crippen MR) is 89.9 cm³/mol. The lowest BCUT2D eigenvalue weighted by Gasteiger charge is -2.11. The molecule has 2 rings (SSSR count). The summed E-state index contributed by atoms with van der Waals surface area (Å²) in [6.45, 7) is 0. The van der Waals surface area contributed by atoms with Gasteiger partial charge in [-0.25, -0.2) is 0 Å². The first-order chi connectivity index (χ1) is 11.9. The number of amides is 2. The van der Waals surface area contributed by atoms with Crippen molar-refractivity contribution in [2.75, 3.05) is 24.9 Å². The predicted octanol–water partition coefficient (Wildman–Crippen LogP) is 2.19. The average molecular weight is 345 g/mol. The van der Waals surface area contributed by atoms with Crippen LogP contribution >= 0.6 is 0 Å². The SMILES string of the molecule is COc1ccc(NC(=O)C(=O)Nc2ccc([N+](=O)[O-])cc2)c(OC)c1. The van der Waals surface area contributed by atoms with Crippen LogP contribution in [0.2, 0.25) is 0 Å². The standard InChI is InChI=1S/C16H15N3O6/c1-24-12-7-8-13(14(9-12)25-2)18-16(21)15(20)17-10-3-5-11(6-4-10)19(22)23/h3-9H,1-2H3,(H,17,20)(H,18,21). The molecule has 0 heterocycles. The fourth-order valence-corrected chi connectivity index (χ4v) is 1.94. The molecule has 2 amide bonds. The molecule has 9 nitrogen and oxygen atoms in total. The molecule has 0 saturated carbocycles. The van der Waals surface area contributed by atoms with Crippen molar-refractivity contribution >= 4 is 28.9 Å². The molecule has 0 aliphatic rings. The fraction of sp³-hybridized carbons (Fsp3) is 0.125. The molecule has 25 heavy (non-hydrogen) atoms. The number of nitro benzene ring substituents is 1. The van der Waals surface area contributed by atoms with E-state index in [4.69, 9.17) is 9.47 Å². The van der Waals surface area contributed by atoms with Gasteiger partial charge in [0.25, 0.3) is 5.69 Å². The molecule has 0 bridgehead atoms. The smallest absolute Gasteiger partial charge is 0.314 e. The van der Waals surface area contributed by atoms with E-state index in [1.165, 1.54) is 44.6 Å². The average Bonchev–Trinajstić information content (AvgIpc) is 2.62. The van der Waals surface area contributed by atoms with Crippen LogP contribution in [-0.2, 0) is 9.59 Å². The van der Waals surface area contributed by atoms with Gasteiger partial charge in [0.2, 0.25) is 0 Å². The molecule has 0 unspecified atom stereocenters. The van der Waals surface area contributed by atoms with Gasteiger partial charge in [0, 0.05) is 23.9 Å². The number of nitrogens with one attached hydrogen (secondary N) is 2. The van der Waals surface area contributed by atoms with Gasteiger partial charge >= 0.3 is 11.8 Å².